The number of ether oxygens (including phenoxy) is 2. The number of unbranched alkanes of at least 4 members (excludes halogenated alkanes) is 3. The minimum Gasteiger partial charge on any atom is -0.493 e. The molecule has 0 aliphatic heterocycles. The third-order valence-electron chi connectivity index (χ3n) is 6.35. The zero-order valence-corrected chi connectivity index (χ0v) is 19.1. The molecule has 6 heteroatoms. The molecule has 1 fully saturated rings. The fourth-order valence-corrected chi connectivity index (χ4v) is 4.33. The highest BCUT2D eigenvalue weighted by atomic mass is 19.1. The van der Waals surface area contributed by atoms with Gasteiger partial charge in [0.25, 0.3) is 0 Å². The molecule has 0 amide bonds. The van der Waals surface area contributed by atoms with Crippen molar-refractivity contribution in [3.05, 3.63) is 59.2 Å². The first kappa shape index (κ1) is 24.7. The highest BCUT2D eigenvalue weighted by Gasteiger charge is 2.21. The standard InChI is InChI=1S/C27H31F2NO3/c1-2-3-4-5-6-19-7-9-20(10-8-19)18-32-22-13-11-21(12-14-22)27(31)33-23-15-25(28)24(17-30)26(29)16-23/h11-16,19-20H,2-10,18H2,1H3/t19-,20-. The quantitative estimate of drug-likeness (QED) is 0.216. The van der Waals surface area contributed by atoms with Crippen molar-refractivity contribution in [3.8, 4) is 17.6 Å². The number of esters is 1. The molecule has 2 aromatic rings. The molecule has 176 valence electrons. The van der Waals surface area contributed by atoms with Gasteiger partial charge in [-0.1, -0.05) is 51.9 Å². The Bertz CT molecular complexity index is 937. The maximum absolute atomic E-state index is 13.7. The van der Waals surface area contributed by atoms with E-state index in [1.54, 1.807) is 24.3 Å². The number of halogens is 2. The molecule has 2 aromatic carbocycles. The van der Waals surface area contributed by atoms with Crippen LogP contribution in [0.5, 0.6) is 11.5 Å². The second-order valence-corrected chi connectivity index (χ2v) is 8.83. The van der Waals surface area contributed by atoms with Crippen molar-refractivity contribution in [1.29, 1.82) is 5.26 Å². The number of benzene rings is 2. The van der Waals surface area contributed by atoms with Crippen LogP contribution < -0.4 is 9.47 Å². The predicted molar refractivity (Wildman–Crippen MR) is 122 cm³/mol. The van der Waals surface area contributed by atoms with Gasteiger partial charge in [-0.15, -0.1) is 0 Å². The molecule has 1 aliphatic rings. The average molecular weight is 456 g/mol. The van der Waals surface area contributed by atoms with E-state index in [1.165, 1.54) is 63.9 Å². The molecule has 4 nitrogen and oxygen atoms in total. The SMILES string of the molecule is CCCCCC[C@H]1CC[C@H](COc2ccc(C(=O)Oc3cc(F)c(C#N)c(F)c3)cc2)CC1. The van der Waals surface area contributed by atoms with Crippen molar-refractivity contribution in [2.75, 3.05) is 6.61 Å². The number of hydrogen-bond acceptors (Lipinski definition) is 4. The molecule has 0 radical (unpaired) electrons. The van der Waals surface area contributed by atoms with Crippen LogP contribution in [0, 0.1) is 34.8 Å². The summed E-state index contributed by atoms with van der Waals surface area (Å²) < 4.78 is 38.3. The Morgan fingerprint density at radius 1 is 0.970 bits per heavy atom. The predicted octanol–water partition coefficient (Wildman–Crippen LogP) is 7.21. The summed E-state index contributed by atoms with van der Waals surface area (Å²) >= 11 is 0. The van der Waals surface area contributed by atoms with E-state index in [-0.39, 0.29) is 11.3 Å². The van der Waals surface area contributed by atoms with Crippen LogP contribution in [0.3, 0.4) is 0 Å². The molecule has 0 N–H and O–H groups in total. The number of nitrogens with zero attached hydrogens (tertiary/aromatic N) is 1. The van der Waals surface area contributed by atoms with Crippen molar-refractivity contribution in [1.82, 2.24) is 0 Å². The van der Waals surface area contributed by atoms with Crippen LogP contribution in [0.25, 0.3) is 0 Å². The van der Waals surface area contributed by atoms with Crippen LogP contribution in [0.4, 0.5) is 8.78 Å². The number of hydrogen-bond donors (Lipinski definition) is 0. The van der Waals surface area contributed by atoms with E-state index in [1.807, 2.05) is 0 Å². The Balaban J connectivity index is 1.43. The number of rotatable bonds is 10. The molecular weight excluding hydrogens is 424 g/mol. The van der Waals surface area contributed by atoms with Crippen LogP contribution in [-0.2, 0) is 0 Å². The Labute approximate surface area is 194 Å². The van der Waals surface area contributed by atoms with Gasteiger partial charge < -0.3 is 9.47 Å². The lowest BCUT2D eigenvalue weighted by atomic mass is 9.80. The second-order valence-electron chi connectivity index (χ2n) is 8.83. The van der Waals surface area contributed by atoms with Gasteiger partial charge in [0.1, 0.15) is 34.8 Å². The van der Waals surface area contributed by atoms with E-state index >= 15 is 0 Å². The van der Waals surface area contributed by atoms with Crippen molar-refractivity contribution in [3.63, 3.8) is 0 Å². The zero-order chi connectivity index (χ0) is 23.6. The summed E-state index contributed by atoms with van der Waals surface area (Å²) in [5.41, 5.74) is -0.479. The van der Waals surface area contributed by atoms with Crippen molar-refractivity contribution >= 4 is 5.97 Å². The Morgan fingerprint density at radius 3 is 2.21 bits per heavy atom. The largest absolute Gasteiger partial charge is 0.493 e. The topological polar surface area (TPSA) is 59.3 Å². The van der Waals surface area contributed by atoms with Gasteiger partial charge in [0.2, 0.25) is 0 Å². The minimum atomic E-state index is -1.07. The molecule has 3 rings (SSSR count). The van der Waals surface area contributed by atoms with Crippen LogP contribution in [-0.4, -0.2) is 12.6 Å². The first-order valence-electron chi connectivity index (χ1n) is 11.8. The van der Waals surface area contributed by atoms with Gasteiger partial charge in [-0.3, -0.25) is 0 Å². The maximum atomic E-state index is 13.7. The van der Waals surface area contributed by atoms with E-state index < -0.39 is 23.2 Å². The zero-order valence-electron chi connectivity index (χ0n) is 19.1. The van der Waals surface area contributed by atoms with Gasteiger partial charge >= 0.3 is 5.97 Å². The smallest absolute Gasteiger partial charge is 0.343 e. The maximum Gasteiger partial charge on any atom is 0.343 e. The van der Waals surface area contributed by atoms with E-state index in [0.29, 0.717) is 18.3 Å². The number of carbonyl (C=O) groups excluding carboxylic acids is 1. The summed E-state index contributed by atoms with van der Waals surface area (Å²) in [5, 5.41) is 8.71. The molecule has 0 aromatic heterocycles. The van der Waals surface area contributed by atoms with Crippen molar-refractivity contribution < 1.29 is 23.0 Å². The molecule has 1 saturated carbocycles. The molecule has 0 spiro atoms. The fraction of sp³-hybridized carbons (Fsp3) is 0.481. The van der Waals surface area contributed by atoms with Gasteiger partial charge in [-0.05, 0) is 48.9 Å². The van der Waals surface area contributed by atoms with Gasteiger partial charge in [0.15, 0.2) is 0 Å². The fourth-order valence-electron chi connectivity index (χ4n) is 4.33. The summed E-state index contributed by atoms with van der Waals surface area (Å²) in [4.78, 5) is 12.3. The number of carbonyl (C=O) groups is 1. The van der Waals surface area contributed by atoms with Gasteiger partial charge in [-0.25, -0.2) is 13.6 Å². The van der Waals surface area contributed by atoms with Gasteiger partial charge in [-0.2, -0.15) is 5.26 Å². The Morgan fingerprint density at radius 2 is 1.61 bits per heavy atom. The molecule has 0 saturated heterocycles. The molecular formula is C27H31F2NO3. The monoisotopic (exact) mass is 455 g/mol. The van der Waals surface area contributed by atoms with Crippen LogP contribution in [0.2, 0.25) is 0 Å². The summed E-state index contributed by atoms with van der Waals surface area (Å²) in [6.45, 7) is 2.91. The Hall–Kier alpha value is -2.94. The molecule has 0 bridgehead atoms. The van der Waals surface area contributed by atoms with Crippen LogP contribution in [0.1, 0.15) is 80.6 Å². The molecule has 0 atom stereocenters. The highest BCUT2D eigenvalue weighted by Crippen LogP contribution is 2.32. The van der Waals surface area contributed by atoms with Crippen LogP contribution >= 0.6 is 0 Å². The summed E-state index contributed by atoms with van der Waals surface area (Å²) in [7, 11) is 0. The molecule has 33 heavy (non-hydrogen) atoms. The normalized spacial score (nSPS) is 17.9. The third-order valence-corrected chi connectivity index (χ3v) is 6.35. The third kappa shape index (κ3) is 7.28. The van der Waals surface area contributed by atoms with E-state index in [2.05, 4.69) is 6.92 Å². The molecule has 0 unspecified atom stereocenters. The molecule has 0 heterocycles. The van der Waals surface area contributed by atoms with Gasteiger partial charge in [0, 0.05) is 12.1 Å². The second kappa shape index (κ2) is 12.3. The summed E-state index contributed by atoms with van der Waals surface area (Å²) in [6.07, 6.45) is 11.6. The Kier molecular flexibility index (Phi) is 9.24. The van der Waals surface area contributed by atoms with E-state index in [0.717, 1.165) is 18.1 Å². The van der Waals surface area contributed by atoms with Crippen molar-refractivity contribution in [2.45, 2.75) is 64.7 Å². The highest BCUT2D eigenvalue weighted by molar-refractivity contribution is 5.91. The van der Waals surface area contributed by atoms with E-state index in [9.17, 15) is 13.6 Å². The minimum absolute atomic E-state index is 0.233. The average Bonchev–Trinajstić information content (AvgIpc) is 2.81. The van der Waals surface area contributed by atoms with E-state index in [4.69, 9.17) is 14.7 Å². The lowest BCUT2D eigenvalue weighted by Crippen LogP contribution is -2.20. The van der Waals surface area contributed by atoms with Gasteiger partial charge in [0.05, 0.1) is 12.2 Å². The summed E-state index contributed by atoms with van der Waals surface area (Å²) in [6, 6.07) is 9.55. The van der Waals surface area contributed by atoms with Crippen molar-refractivity contribution in [2.24, 2.45) is 11.8 Å². The first-order chi connectivity index (χ1) is 16.0. The first-order valence-corrected chi connectivity index (χ1v) is 11.8. The number of nitriles is 1. The lowest BCUT2D eigenvalue weighted by molar-refractivity contribution is 0.0734. The lowest BCUT2D eigenvalue weighted by Gasteiger charge is -2.28. The summed E-state index contributed by atoms with van der Waals surface area (Å²) in [5.74, 6) is -1.10. The molecule has 1 aliphatic carbocycles. The van der Waals surface area contributed by atoms with Crippen LogP contribution in [0.15, 0.2) is 36.4 Å².